The first kappa shape index (κ1) is 17.3. The average molecular weight is 318 g/mol. The maximum atomic E-state index is 12.5. The molecule has 21 heavy (non-hydrogen) atoms. The smallest absolute Gasteiger partial charge is 0.271 e. The Morgan fingerprint density at radius 1 is 1.43 bits per heavy atom. The van der Waals surface area contributed by atoms with Crippen molar-refractivity contribution in [1.29, 1.82) is 0 Å². The lowest BCUT2D eigenvalue weighted by Gasteiger charge is -2.22. The molecule has 118 valence electrons. The number of non-ortho nitro benzene ring substituents is 1. The molecule has 0 bridgehead atoms. The van der Waals surface area contributed by atoms with Gasteiger partial charge in [0.05, 0.1) is 17.2 Å². The van der Waals surface area contributed by atoms with E-state index in [4.69, 9.17) is 10.9 Å². The monoisotopic (exact) mass is 318 g/mol. The highest BCUT2D eigenvalue weighted by Gasteiger charge is 2.27. The zero-order valence-corrected chi connectivity index (χ0v) is 12.3. The average Bonchev–Trinajstić information content (AvgIpc) is 2.46. The molecule has 1 aromatic carbocycles. The van der Waals surface area contributed by atoms with Gasteiger partial charge in [0, 0.05) is 25.2 Å². The Balaban J connectivity index is 3.32. The molecule has 0 atom stereocenters. The summed E-state index contributed by atoms with van der Waals surface area (Å²) in [5, 5.41) is 19.7. The van der Waals surface area contributed by atoms with Gasteiger partial charge in [-0.05, 0) is 12.5 Å². The molecule has 0 fully saturated rings. The van der Waals surface area contributed by atoms with Gasteiger partial charge in [0.2, 0.25) is 10.0 Å². The van der Waals surface area contributed by atoms with Crippen LogP contribution in [0.5, 0.6) is 0 Å². The molecule has 1 aromatic rings. The number of aliphatic hydroxyl groups is 1. The minimum absolute atomic E-state index is 0.0584. The second-order valence-electron chi connectivity index (χ2n) is 4.21. The first-order valence-corrected chi connectivity index (χ1v) is 7.68. The molecule has 9 nitrogen and oxygen atoms in total. The SMILES string of the molecule is CCCN(CCO)S(=O)(=O)c1ccc([N+](=O)[O-])cc1NN. The van der Waals surface area contributed by atoms with Crippen molar-refractivity contribution in [3.05, 3.63) is 28.3 Å². The van der Waals surface area contributed by atoms with Gasteiger partial charge in [0.15, 0.2) is 0 Å². The number of hydrogen-bond donors (Lipinski definition) is 3. The third-order valence-corrected chi connectivity index (χ3v) is 4.73. The lowest BCUT2D eigenvalue weighted by molar-refractivity contribution is -0.384. The van der Waals surface area contributed by atoms with Crippen LogP contribution in [-0.2, 0) is 10.0 Å². The van der Waals surface area contributed by atoms with Crippen molar-refractivity contribution in [2.75, 3.05) is 25.1 Å². The van der Waals surface area contributed by atoms with Crippen molar-refractivity contribution in [1.82, 2.24) is 4.31 Å². The van der Waals surface area contributed by atoms with Gasteiger partial charge in [-0.1, -0.05) is 6.92 Å². The normalized spacial score (nSPS) is 11.6. The van der Waals surface area contributed by atoms with Crippen LogP contribution in [0.1, 0.15) is 13.3 Å². The number of sulfonamides is 1. The molecule has 10 heteroatoms. The summed E-state index contributed by atoms with van der Waals surface area (Å²) in [4.78, 5) is 9.90. The number of nitrogens with one attached hydrogen (secondary N) is 1. The number of nitro groups is 1. The maximum Gasteiger partial charge on any atom is 0.271 e. The highest BCUT2D eigenvalue weighted by molar-refractivity contribution is 7.89. The molecular weight excluding hydrogens is 300 g/mol. The fourth-order valence-electron chi connectivity index (χ4n) is 1.82. The largest absolute Gasteiger partial charge is 0.395 e. The Labute approximate surface area is 122 Å². The van der Waals surface area contributed by atoms with E-state index in [1.807, 2.05) is 0 Å². The Morgan fingerprint density at radius 3 is 2.57 bits per heavy atom. The quantitative estimate of drug-likeness (QED) is 0.355. The summed E-state index contributed by atoms with van der Waals surface area (Å²) in [5.74, 6) is 5.26. The molecule has 4 N–H and O–H groups in total. The van der Waals surface area contributed by atoms with Gasteiger partial charge in [-0.25, -0.2) is 8.42 Å². The van der Waals surface area contributed by atoms with E-state index >= 15 is 0 Å². The number of benzene rings is 1. The van der Waals surface area contributed by atoms with E-state index in [2.05, 4.69) is 5.43 Å². The molecule has 0 saturated carbocycles. The maximum absolute atomic E-state index is 12.5. The van der Waals surface area contributed by atoms with Gasteiger partial charge in [-0.3, -0.25) is 16.0 Å². The van der Waals surface area contributed by atoms with Gasteiger partial charge in [0.1, 0.15) is 4.90 Å². The minimum Gasteiger partial charge on any atom is -0.395 e. The number of anilines is 1. The Hall–Kier alpha value is -1.75. The third-order valence-electron chi connectivity index (χ3n) is 2.77. The molecule has 0 aliphatic carbocycles. The molecule has 0 aromatic heterocycles. The number of rotatable bonds is 8. The second-order valence-corrected chi connectivity index (χ2v) is 6.12. The van der Waals surface area contributed by atoms with E-state index in [9.17, 15) is 18.5 Å². The van der Waals surface area contributed by atoms with E-state index in [0.717, 1.165) is 22.5 Å². The zero-order valence-electron chi connectivity index (χ0n) is 11.5. The first-order valence-electron chi connectivity index (χ1n) is 6.24. The van der Waals surface area contributed by atoms with Gasteiger partial charge >= 0.3 is 0 Å². The van der Waals surface area contributed by atoms with E-state index in [1.165, 1.54) is 0 Å². The summed E-state index contributed by atoms with van der Waals surface area (Å²) < 4.78 is 26.2. The summed E-state index contributed by atoms with van der Waals surface area (Å²) in [6.45, 7) is 1.65. The molecule has 0 aliphatic rings. The summed E-state index contributed by atoms with van der Waals surface area (Å²) in [5.41, 5.74) is 1.82. The van der Waals surface area contributed by atoms with Gasteiger partial charge in [-0.15, -0.1) is 0 Å². The number of nitro benzene ring substituents is 1. The Morgan fingerprint density at radius 2 is 2.10 bits per heavy atom. The fraction of sp³-hybridized carbons (Fsp3) is 0.455. The van der Waals surface area contributed by atoms with Crippen molar-refractivity contribution in [2.45, 2.75) is 18.2 Å². The molecular formula is C11H18N4O5S. The lowest BCUT2D eigenvalue weighted by Crippen LogP contribution is -2.34. The standard InChI is InChI=1S/C11H18N4O5S/c1-2-5-14(6-7-16)21(19,20)11-4-3-9(15(17)18)8-10(11)13-12/h3-4,8,13,16H,2,5-7,12H2,1H3. The van der Waals surface area contributed by atoms with Crippen LogP contribution in [-0.4, -0.2) is 42.4 Å². The molecule has 0 spiro atoms. The van der Waals surface area contributed by atoms with Crippen molar-refractivity contribution in [2.24, 2.45) is 5.84 Å². The summed E-state index contributed by atoms with van der Waals surface area (Å²) >= 11 is 0. The van der Waals surface area contributed by atoms with Crippen LogP contribution in [0.25, 0.3) is 0 Å². The zero-order chi connectivity index (χ0) is 16.0. The predicted molar refractivity (Wildman–Crippen MR) is 77.0 cm³/mol. The summed E-state index contributed by atoms with van der Waals surface area (Å²) in [6.07, 6.45) is 0.567. The summed E-state index contributed by atoms with van der Waals surface area (Å²) in [7, 11) is -3.90. The molecule has 0 unspecified atom stereocenters. The molecule has 0 aliphatic heterocycles. The van der Waals surface area contributed by atoms with E-state index in [0.29, 0.717) is 6.42 Å². The van der Waals surface area contributed by atoms with Crippen LogP contribution in [0.15, 0.2) is 23.1 Å². The highest BCUT2D eigenvalue weighted by Crippen LogP contribution is 2.28. The number of nitrogens with two attached hydrogens (primary N) is 1. The van der Waals surface area contributed by atoms with Gasteiger partial charge in [-0.2, -0.15) is 4.31 Å². The highest BCUT2D eigenvalue weighted by atomic mass is 32.2. The van der Waals surface area contributed by atoms with E-state index in [-0.39, 0.29) is 36.0 Å². The molecule has 0 heterocycles. The fourth-order valence-corrected chi connectivity index (χ4v) is 3.48. The Kier molecular flexibility index (Phi) is 6.03. The van der Waals surface area contributed by atoms with Crippen molar-refractivity contribution >= 4 is 21.4 Å². The van der Waals surface area contributed by atoms with Crippen LogP contribution >= 0.6 is 0 Å². The number of hydrazine groups is 1. The summed E-state index contributed by atoms with van der Waals surface area (Å²) in [6, 6.07) is 3.27. The van der Waals surface area contributed by atoms with Crippen LogP contribution in [0, 0.1) is 10.1 Å². The topological polar surface area (TPSA) is 139 Å². The number of aliphatic hydroxyl groups excluding tert-OH is 1. The van der Waals surface area contributed by atoms with Crippen LogP contribution in [0.4, 0.5) is 11.4 Å². The van der Waals surface area contributed by atoms with E-state index in [1.54, 1.807) is 6.92 Å². The molecule has 1 rings (SSSR count). The predicted octanol–water partition coefficient (Wildman–Crippen LogP) is 0.273. The van der Waals surface area contributed by atoms with Gasteiger partial charge < -0.3 is 10.5 Å². The minimum atomic E-state index is -3.90. The van der Waals surface area contributed by atoms with Crippen molar-refractivity contribution < 1.29 is 18.4 Å². The second kappa shape index (κ2) is 7.31. The van der Waals surface area contributed by atoms with Crippen molar-refractivity contribution in [3.63, 3.8) is 0 Å². The molecule has 0 radical (unpaired) electrons. The third kappa shape index (κ3) is 3.88. The number of nitrogen functional groups attached to an aromatic ring is 1. The number of hydrogen-bond acceptors (Lipinski definition) is 7. The molecule has 0 amide bonds. The molecule has 0 saturated heterocycles. The number of nitrogens with zero attached hydrogens (tertiary/aromatic N) is 2. The van der Waals surface area contributed by atoms with Crippen LogP contribution < -0.4 is 11.3 Å². The van der Waals surface area contributed by atoms with E-state index < -0.39 is 14.9 Å². The van der Waals surface area contributed by atoms with Crippen LogP contribution in [0.3, 0.4) is 0 Å². The van der Waals surface area contributed by atoms with Crippen molar-refractivity contribution in [3.8, 4) is 0 Å². The first-order chi connectivity index (χ1) is 9.88. The Bertz CT molecular complexity index is 599. The lowest BCUT2D eigenvalue weighted by atomic mass is 10.3. The van der Waals surface area contributed by atoms with Gasteiger partial charge in [0.25, 0.3) is 5.69 Å². The van der Waals surface area contributed by atoms with Crippen LogP contribution in [0.2, 0.25) is 0 Å².